The van der Waals surface area contributed by atoms with Crippen LogP contribution in [0.2, 0.25) is 0 Å². The number of hydrogen-bond donors (Lipinski definition) is 1. The molecule has 132 valence electrons. The Bertz CT molecular complexity index is 892. The summed E-state index contributed by atoms with van der Waals surface area (Å²) in [6.07, 6.45) is 7.39. The van der Waals surface area contributed by atoms with Crippen molar-refractivity contribution in [1.82, 2.24) is 20.3 Å². The third-order valence-electron chi connectivity index (χ3n) is 4.31. The summed E-state index contributed by atoms with van der Waals surface area (Å²) in [4.78, 5) is 25.4. The minimum Gasteiger partial charge on any atom is -0.341 e. The smallest absolute Gasteiger partial charge is 0.255 e. The molecule has 2 heterocycles. The molecule has 0 saturated carbocycles. The maximum Gasteiger partial charge on any atom is 0.255 e. The first-order valence-electron chi connectivity index (χ1n) is 8.67. The average molecular weight is 346 g/mol. The van der Waals surface area contributed by atoms with Gasteiger partial charge in [0.25, 0.3) is 5.91 Å². The van der Waals surface area contributed by atoms with Crippen LogP contribution < -0.4 is 5.32 Å². The average Bonchev–Trinajstić information content (AvgIpc) is 2.67. The number of nitrogens with zero attached hydrogens (tertiary/aromatic N) is 3. The summed E-state index contributed by atoms with van der Waals surface area (Å²) < 4.78 is 0. The second kappa shape index (κ2) is 7.87. The van der Waals surface area contributed by atoms with Gasteiger partial charge in [-0.05, 0) is 36.6 Å². The molecule has 0 radical (unpaired) electrons. The zero-order valence-electron chi connectivity index (χ0n) is 15.2. The number of aryl methyl sites for hydroxylation is 3. The summed E-state index contributed by atoms with van der Waals surface area (Å²) in [5.41, 5.74) is 4.73. The molecule has 1 atom stereocenters. The molecule has 0 bridgehead atoms. The van der Waals surface area contributed by atoms with Crippen molar-refractivity contribution in [2.45, 2.75) is 33.2 Å². The van der Waals surface area contributed by atoms with Gasteiger partial charge in [-0.2, -0.15) is 0 Å². The van der Waals surface area contributed by atoms with E-state index in [-0.39, 0.29) is 11.9 Å². The normalized spacial score (nSPS) is 11.8. The van der Waals surface area contributed by atoms with Crippen LogP contribution in [0.1, 0.15) is 51.4 Å². The number of rotatable bonds is 5. The second-order valence-corrected chi connectivity index (χ2v) is 6.29. The number of hydrogen-bond acceptors (Lipinski definition) is 4. The fourth-order valence-corrected chi connectivity index (χ4v) is 2.91. The molecule has 0 aliphatic heterocycles. The molecule has 5 heteroatoms. The van der Waals surface area contributed by atoms with Crippen LogP contribution in [0.25, 0.3) is 0 Å². The van der Waals surface area contributed by atoms with Crippen molar-refractivity contribution in [2.75, 3.05) is 0 Å². The predicted molar refractivity (Wildman–Crippen MR) is 101 cm³/mol. The molecule has 0 aliphatic rings. The Balaban J connectivity index is 1.94. The van der Waals surface area contributed by atoms with Crippen molar-refractivity contribution in [3.05, 3.63) is 88.8 Å². The monoisotopic (exact) mass is 346 g/mol. The lowest BCUT2D eigenvalue weighted by Crippen LogP contribution is -2.30. The van der Waals surface area contributed by atoms with Crippen molar-refractivity contribution in [3.63, 3.8) is 0 Å². The van der Waals surface area contributed by atoms with Gasteiger partial charge in [0.15, 0.2) is 0 Å². The van der Waals surface area contributed by atoms with Crippen molar-refractivity contribution in [2.24, 2.45) is 0 Å². The molecule has 0 unspecified atom stereocenters. The third-order valence-corrected chi connectivity index (χ3v) is 4.31. The molecule has 0 fully saturated rings. The zero-order chi connectivity index (χ0) is 18.5. The van der Waals surface area contributed by atoms with Gasteiger partial charge < -0.3 is 5.32 Å². The highest BCUT2D eigenvalue weighted by molar-refractivity contribution is 5.94. The number of aromatic nitrogens is 3. The van der Waals surface area contributed by atoms with E-state index in [4.69, 9.17) is 0 Å². The molecule has 0 saturated heterocycles. The van der Waals surface area contributed by atoms with Gasteiger partial charge >= 0.3 is 0 Å². The number of pyridine rings is 1. The molecular weight excluding hydrogens is 324 g/mol. The van der Waals surface area contributed by atoms with Gasteiger partial charge in [0.2, 0.25) is 0 Å². The fraction of sp³-hybridized carbons (Fsp3) is 0.238. The van der Waals surface area contributed by atoms with E-state index in [0.29, 0.717) is 5.56 Å². The standard InChI is InChI=1S/C21H22N4O/c1-4-19-23-12-17(13-24-19)21(26)25-20(16-6-5-9-22-11-16)18-8-7-14(2)10-15(18)3/h5-13,20H,4H2,1-3H3,(H,25,26)/t20-/m1/s1. The summed E-state index contributed by atoms with van der Waals surface area (Å²) in [5.74, 6) is 0.515. The lowest BCUT2D eigenvalue weighted by atomic mass is 9.94. The summed E-state index contributed by atoms with van der Waals surface area (Å²) in [6, 6.07) is 9.77. The van der Waals surface area contributed by atoms with E-state index >= 15 is 0 Å². The van der Waals surface area contributed by atoms with Crippen LogP contribution >= 0.6 is 0 Å². The van der Waals surface area contributed by atoms with Gasteiger partial charge in [-0.25, -0.2) is 9.97 Å². The van der Waals surface area contributed by atoms with E-state index in [1.807, 2.05) is 19.1 Å². The molecule has 3 rings (SSSR count). The highest BCUT2D eigenvalue weighted by Crippen LogP contribution is 2.25. The van der Waals surface area contributed by atoms with Crippen LogP contribution in [0.3, 0.4) is 0 Å². The molecule has 1 N–H and O–H groups in total. The fourth-order valence-electron chi connectivity index (χ4n) is 2.91. The molecule has 1 amide bonds. The zero-order valence-corrected chi connectivity index (χ0v) is 15.2. The number of carbonyl (C=O) groups excluding carboxylic acids is 1. The van der Waals surface area contributed by atoms with Gasteiger partial charge in [-0.3, -0.25) is 9.78 Å². The lowest BCUT2D eigenvalue weighted by molar-refractivity contribution is 0.0942. The van der Waals surface area contributed by atoms with Crippen LogP contribution in [-0.2, 0) is 6.42 Å². The van der Waals surface area contributed by atoms with Gasteiger partial charge in [-0.1, -0.05) is 36.8 Å². The highest BCUT2D eigenvalue weighted by atomic mass is 16.1. The number of nitrogens with one attached hydrogen (secondary N) is 1. The third kappa shape index (κ3) is 3.94. The molecule has 0 spiro atoms. The van der Waals surface area contributed by atoms with E-state index in [1.165, 1.54) is 5.56 Å². The Morgan fingerprint density at radius 2 is 1.88 bits per heavy atom. The first-order valence-corrected chi connectivity index (χ1v) is 8.67. The predicted octanol–water partition coefficient (Wildman–Crippen LogP) is 3.57. The Morgan fingerprint density at radius 1 is 1.12 bits per heavy atom. The Kier molecular flexibility index (Phi) is 5.37. The van der Waals surface area contributed by atoms with Gasteiger partial charge in [0.05, 0.1) is 11.6 Å². The van der Waals surface area contributed by atoms with Crippen molar-refractivity contribution in [3.8, 4) is 0 Å². The van der Waals surface area contributed by atoms with Crippen LogP contribution in [-0.4, -0.2) is 20.9 Å². The summed E-state index contributed by atoms with van der Waals surface area (Å²) >= 11 is 0. The second-order valence-electron chi connectivity index (χ2n) is 6.29. The molecule has 0 aliphatic carbocycles. The summed E-state index contributed by atoms with van der Waals surface area (Å²) in [6.45, 7) is 6.09. The summed E-state index contributed by atoms with van der Waals surface area (Å²) in [7, 11) is 0. The maximum absolute atomic E-state index is 12.8. The van der Waals surface area contributed by atoms with E-state index < -0.39 is 0 Å². The largest absolute Gasteiger partial charge is 0.341 e. The van der Waals surface area contributed by atoms with E-state index in [0.717, 1.165) is 28.9 Å². The highest BCUT2D eigenvalue weighted by Gasteiger charge is 2.20. The van der Waals surface area contributed by atoms with Gasteiger partial charge in [0.1, 0.15) is 5.82 Å². The Hall–Kier alpha value is -3.08. The molecule has 3 aromatic rings. The Morgan fingerprint density at radius 3 is 2.50 bits per heavy atom. The molecule has 2 aromatic heterocycles. The number of amides is 1. The van der Waals surface area contributed by atoms with Crippen LogP contribution in [0.4, 0.5) is 0 Å². The Labute approximate surface area is 153 Å². The lowest BCUT2D eigenvalue weighted by Gasteiger charge is -2.21. The first-order chi connectivity index (χ1) is 12.6. The van der Waals surface area contributed by atoms with Crippen LogP contribution in [0.15, 0.2) is 55.1 Å². The molecule has 5 nitrogen and oxygen atoms in total. The molecule has 26 heavy (non-hydrogen) atoms. The maximum atomic E-state index is 12.8. The minimum atomic E-state index is -0.289. The summed E-state index contributed by atoms with van der Waals surface area (Å²) in [5, 5.41) is 3.10. The van der Waals surface area contributed by atoms with Crippen LogP contribution in [0, 0.1) is 13.8 Å². The topological polar surface area (TPSA) is 67.8 Å². The van der Waals surface area contributed by atoms with E-state index in [1.54, 1.807) is 24.8 Å². The van der Waals surface area contributed by atoms with Gasteiger partial charge in [-0.15, -0.1) is 0 Å². The quantitative estimate of drug-likeness (QED) is 0.767. The molecular formula is C21H22N4O. The van der Waals surface area contributed by atoms with Crippen LogP contribution in [0.5, 0.6) is 0 Å². The SMILES string of the molecule is CCc1ncc(C(=O)N[C@H](c2cccnc2)c2ccc(C)cc2C)cn1. The first kappa shape index (κ1) is 17.7. The number of carbonyl (C=O) groups is 1. The minimum absolute atomic E-state index is 0.207. The van der Waals surface area contributed by atoms with Crippen molar-refractivity contribution in [1.29, 1.82) is 0 Å². The van der Waals surface area contributed by atoms with Crippen molar-refractivity contribution >= 4 is 5.91 Å². The van der Waals surface area contributed by atoms with E-state index in [2.05, 4.69) is 52.3 Å². The van der Waals surface area contributed by atoms with Crippen molar-refractivity contribution < 1.29 is 4.79 Å². The van der Waals surface area contributed by atoms with Gasteiger partial charge in [0, 0.05) is 31.2 Å². The van der Waals surface area contributed by atoms with E-state index in [9.17, 15) is 4.79 Å². The number of benzene rings is 1. The molecule has 1 aromatic carbocycles.